The Morgan fingerprint density at radius 3 is 2.52 bits per heavy atom. The van der Waals surface area contributed by atoms with Crippen LogP contribution in [0, 0.1) is 0 Å². The summed E-state index contributed by atoms with van der Waals surface area (Å²) in [5.41, 5.74) is 3.79. The van der Waals surface area contributed by atoms with Gasteiger partial charge in [-0.15, -0.1) is 0 Å². The second kappa shape index (κ2) is 7.85. The first kappa shape index (κ1) is 17.6. The first-order valence-corrected chi connectivity index (χ1v) is 9.41. The third-order valence-electron chi connectivity index (χ3n) is 4.84. The molecule has 0 bridgehead atoms. The van der Waals surface area contributed by atoms with E-state index < -0.39 is 0 Å². The van der Waals surface area contributed by atoms with Crippen molar-refractivity contribution in [2.45, 2.75) is 19.6 Å². The minimum Gasteiger partial charge on any atom is -0.489 e. The molecule has 0 saturated carbocycles. The molecule has 0 aromatic heterocycles. The minimum atomic E-state index is 0.0586. The quantitative estimate of drug-likeness (QED) is 0.617. The maximum Gasteiger partial charge on any atom is 0.254 e. The Bertz CT molecular complexity index is 956. The highest BCUT2D eigenvalue weighted by Crippen LogP contribution is 2.30. The molecule has 0 N–H and O–H groups in total. The summed E-state index contributed by atoms with van der Waals surface area (Å²) in [4.78, 5) is 14.8. The zero-order valence-corrected chi connectivity index (χ0v) is 15.7. The zero-order chi connectivity index (χ0) is 18.6. The van der Waals surface area contributed by atoms with E-state index in [4.69, 9.17) is 16.3 Å². The molecule has 3 aromatic rings. The van der Waals surface area contributed by atoms with Gasteiger partial charge < -0.3 is 9.64 Å². The van der Waals surface area contributed by atoms with Crippen molar-refractivity contribution in [3.05, 3.63) is 100 Å². The van der Waals surface area contributed by atoms with E-state index in [1.807, 2.05) is 77.7 Å². The molecule has 136 valence electrons. The third kappa shape index (κ3) is 3.83. The van der Waals surface area contributed by atoms with Crippen LogP contribution in [-0.4, -0.2) is 17.4 Å². The van der Waals surface area contributed by atoms with Gasteiger partial charge in [0.1, 0.15) is 12.4 Å². The van der Waals surface area contributed by atoms with Gasteiger partial charge in [-0.2, -0.15) is 0 Å². The van der Waals surface area contributed by atoms with Crippen LogP contribution in [0.1, 0.15) is 27.0 Å². The monoisotopic (exact) mass is 377 g/mol. The van der Waals surface area contributed by atoms with Gasteiger partial charge in [0.15, 0.2) is 0 Å². The highest BCUT2D eigenvalue weighted by molar-refractivity contribution is 6.31. The van der Waals surface area contributed by atoms with Crippen LogP contribution in [0.4, 0.5) is 0 Å². The van der Waals surface area contributed by atoms with Crippen LogP contribution >= 0.6 is 11.6 Å². The summed E-state index contributed by atoms with van der Waals surface area (Å²) < 4.78 is 6.02. The minimum absolute atomic E-state index is 0.0586. The van der Waals surface area contributed by atoms with Gasteiger partial charge in [-0.05, 0) is 30.2 Å². The van der Waals surface area contributed by atoms with Crippen molar-refractivity contribution >= 4 is 17.5 Å². The molecule has 0 atom stereocenters. The number of rotatable bonds is 5. The summed E-state index contributed by atoms with van der Waals surface area (Å²) in [6.07, 6.45) is 0.784. The third-order valence-corrected chi connectivity index (χ3v) is 5.21. The van der Waals surface area contributed by atoms with Crippen molar-refractivity contribution in [2.75, 3.05) is 6.54 Å². The summed E-state index contributed by atoms with van der Waals surface area (Å²) >= 11 is 6.21. The van der Waals surface area contributed by atoms with Crippen LogP contribution in [0.2, 0.25) is 5.02 Å². The van der Waals surface area contributed by atoms with Gasteiger partial charge in [-0.25, -0.2) is 0 Å². The smallest absolute Gasteiger partial charge is 0.254 e. The maximum absolute atomic E-state index is 13.0. The largest absolute Gasteiger partial charge is 0.489 e. The SMILES string of the molecule is O=C1c2cccc(OCc3ccccc3Cl)c2CCN1Cc1ccccc1. The van der Waals surface area contributed by atoms with Gasteiger partial charge in [-0.1, -0.05) is 66.2 Å². The molecule has 4 heteroatoms. The van der Waals surface area contributed by atoms with E-state index in [-0.39, 0.29) is 5.91 Å². The van der Waals surface area contributed by atoms with E-state index in [2.05, 4.69) is 0 Å². The molecule has 3 aromatic carbocycles. The van der Waals surface area contributed by atoms with E-state index in [0.29, 0.717) is 24.7 Å². The lowest BCUT2D eigenvalue weighted by Crippen LogP contribution is -2.37. The fourth-order valence-corrected chi connectivity index (χ4v) is 3.59. The fourth-order valence-electron chi connectivity index (χ4n) is 3.40. The van der Waals surface area contributed by atoms with Crippen LogP contribution < -0.4 is 4.74 Å². The Labute approximate surface area is 164 Å². The van der Waals surface area contributed by atoms with Crippen LogP contribution in [0.15, 0.2) is 72.8 Å². The molecule has 27 heavy (non-hydrogen) atoms. The summed E-state index contributed by atoms with van der Waals surface area (Å²) in [6.45, 7) is 1.70. The molecule has 0 fully saturated rings. The number of ether oxygens (including phenoxy) is 1. The molecule has 4 rings (SSSR count). The Morgan fingerprint density at radius 1 is 0.926 bits per heavy atom. The van der Waals surface area contributed by atoms with E-state index in [0.717, 1.165) is 34.4 Å². The fraction of sp³-hybridized carbons (Fsp3) is 0.174. The van der Waals surface area contributed by atoms with Crippen molar-refractivity contribution in [2.24, 2.45) is 0 Å². The number of amides is 1. The molecule has 1 amide bonds. The van der Waals surface area contributed by atoms with Crippen LogP contribution in [0.5, 0.6) is 5.75 Å². The predicted molar refractivity (Wildman–Crippen MR) is 107 cm³/mol. The normalized spacial score (nSPS) is 13.4. The second-order valence-electron chi connectivity index (χ2n) is 6.62. The summed E-state index contributed by atoms with van der Waals surface area (Å²) in [7, 11) is 0. The number of carbonyl (C=O) groups excluding carboxylic acids is 1. The van der Waals surface area contributed by atoms with E-state index >= 15 is 0 Å². The van der Waals surface area contributed by atoms with Gasteiger partial charge in [0, 0.05) is 34.8 Å². The number of hydrogen-bond donors (Lipinski definition) is 0. The average Bonchev–Trinajstić information content (AvgIpc) is 2.70. The number of halogens is 1. The van der Waals surface area contributed by atoms with Gasteiger partial charge in [0.2, 0.25) is 0 Å². The van der Waals surface area contributed by atoms with Gasteiger partial charge >= 0.3 is 0 Å². The molecule has 1 aliphatic rings. The van der Waals surface area contributed by atoms with Gasteiger partial charge in [-0.3, -0.25) is 4.79 Å². The Kier molecular flexibility index (Phi) is 5.12. The van der Waals surface area contributed by atoms with Crippen molar-refractivity contribution in [3.8, 4) is 5.75 Å². The topological polar surface area (TPSA) is 29.5 Å². The second-order valence-corrected chi connectivity index (χ2v) is 7.03. The molecular weight excluding hydrogens is 358 g/mol. The lowest BCUT2D eigenvalue weighted by atomic mass is 9.97. The lowest BCUT2D eigenvalue weighted by molar-refractivity contribution is 0.0725. The van der Waals surface area contributed by atoms with Crippen LogP contribution in [-0.2, 0) is 19.6 Å². The van der Waals surface area contributed by atoms with Crippen molar-refractivity contribution in [1.29, 1.82) is 0 Å². The molecule has 0 spiro atoms. The lowest BCUT2D eigenvalue weighted by Gasteiger charge is -2.29. The highest BCUT2D eigenvalue weighted by Gasteiger charge is 2.26. The first-order chi connectivity index (χ1) is 13.2. The summed E-state index contributed by atoms with van der Waals surface area (Å²) in [5, 5.41) is 0.687. The Balaban J connectivity index is 1.52. The molecule has 3 nitrogen and oxygen atoms in total. The van der Waals surface area contributed by atoms with Crippen LogP contribution in [0.25, 0.3) is 0 Å². The molecule has 0 saturated heterocycles. The number of fused-ring (bicyclic) bond motifs is 1. The van der Waals surface area contributed by atoms with Crippen molar-refractivity contribution < 1.29 is 9.53 Å². The van der Waals surface area contributed by atoms with Crippen molar-refractivity contribution in [3.63, 3.8) is 0 Å². The standard InChI is InChI=1S/C23H20ClNO2/c24-21-11-5-4-9-18(21)16-27-22-12-6-10-20-19(22)13-14-25(23(20)26)15-17-7-2-1-3-8-17/h1-12H,13-16H2. The molecule has 0 aliphatic carbocycles. The maximum atomic E-state index is 13.0. The Hall–Kier alpha value is -2.78. The zero-order valence-electron chi connectivity index (χ0n) is 14.9. The van der Waals surface area contributed by atoms with E-state index in [1.54, 1.807) is 0 Å². The number of carbonyl (C=O) groups is 1. The molecule has 1 aliphatic heterocycles. The summed E-state index contributed by atoms with van der Waals surface area (Å²) in [5.74, 6) is 0.823. The summed E-state index contributed by atoms with van der Waals surface area (Å²) in [6, 6.07) is 23.4. The predicted octanol–water partition coefficient (Wildman–Crippen LogP) is 5.12. The molecule has 1 heterocycles. The van der Waals surface area contributed by atoms with Gasteiger partial charge in [0.05, 0.1) is 0 Å². The van der Waals surface area contributed by atoms with E-state index in [9.17, 15) is 4.79 Å². The van der Waals surface area contributed by atoms with Gasteiger partial charge in [0.25, 0.3) is 5.91 Å². The number of hydrogen-bond acceptors (Lipinski definition) is 2. The van der Waals surface area contributed by atoms with Crippen molar-refractivity contribution in [1.82, 2.24) is 4.90 Å². The number of nitrogens with zero attached hydrogens (tertiary/aromatic N) is 1. The first-order valence-electron chi connectivity index (χ1n) is 9.03. The van der Waals surface area contributed by atoms with Crippen LogP contribution in [0.3, 0.4) is 0 Å². The Morgan fingerprint density at radius 2 is 1.70 bits per heavy atom. The molecule has 0 unspecified atom stereocenters. The molecule has 0 radical (unpaired) electrons. The highest BCUT2D eigenvalue weighted by atomic mass is 35.5. The molecular formula is C23H20ClNO2. The number of benzene rings is 3. The average molecular weight is 378 g/mol. The van der Waals surface area contributed by atoms with E-state index in [1.165, 1.54) is 0 Å².